The van der Waals surface area contributed by atoms with Crippen LogP contribution in [0, 0.1) is 5.82 Å². The molecule has 1 N–H and O–H groups in total. The summed E-state index contributed by atoms with van der Waals surface area (Å²) in [6.07, 6.45) is 1.47. The molecule has 112 valence electrons. The summed E-state index contributed by atoms with van der Waals surface area (Å²) in [7, 11) is 3.39. The first-order valence-electron chi connectivity index (χ1n) is 6.87. The van der Waals surface area contributed by atoms with Gasteiger partial charge in [0.2, 0.25) is 0 Å². The number of methoxy groups -OCH3 is 1. The summed E-state index contributed by atoms with van der Waals surface area (Å²) in [6, 6.07) is 13.7. The molecule has 0 spiro atoms. The number of hydrogen-bond donors (Lipinski definition) is 1. The van der Waals surface area contributed by atoms with Crippen molar-refractivity contribution in [3.63, 3.8) is 0 Å². The number of halogens is 2. The van der Waals surface area contributed by atoms with E-state index in [1.807, 2.05) is 31.3 Å². The normalized spacial score (nSPS) is 12.2. The summed E-state index contributed by atoms with van der Waals surface area (Å²) in [6.45, 7) is 0. The highest BCUT2D eigenvalue weighted by Crippen LogP contribution is 2.22. The maximum atomic E-state index is 14.2. The third-order valence-corrected chi connectivity index (χ3v) is 4.06. The van der Waals surface area contributed by atoms with Crippen LogP contribution in [0.15, 0.2) is 46.9 Å². The van der Waals surface area contributed by atoms with Gasteiger partial charge in [0.1, 0.15) is 0 Å². The number of benzene rings is 2. The van der Waals surface area contributed by atoms with Crippen LogP contribution in [0.1, 0.15) is 11.1 Å². The maximum Gasteiger partial charge on any atom is 0.168 e. The zero-order chi connectivity index (χ0) is 15.2. The minimum Gasteiger partial charge on any atom is -0.494 e. The smallest absolute Gasteiger partial charge is 0.168 e. The van der Waals surface area contributed by atoms with Crippen molar-refractivity contribution in [2.24, 2.45) is 0 Å². The minimum absolute atomic E-state index is 0.174. The highest BCUT2D eigenvalue weighted by Gasteiger charge is 2.14. The van der Waals surface area contributed by atoms with E-state index < -0.39 is 0 Å². The average Bonchev–Trinajstić information content (AvgIpc) is 2.50. The number of likely N-dealkylation sites (N-methyl/N-ethyl adjacent to an activating group) is 1. The van der Waals surface area contributed by atoms with Gasteiger partial charge < -0.3 is 10.1 Å². The molecule has 1 atom stereocenters. The van der Waals surface area contributed by atoms with Crippen molar-refractivity contribution in [1.29, 1.82) is 0 Å². The van der Waals surface area contributed by atoms with Gasteiger partial charge in [-0.1, -0.05) is 40.2 Å². The molecule has 0 aliphatic rings. The molecule has 2 rings (SSSR count). The molecular formula is C17H19BrFNO. The van der Waals surface area contributed by atoms with Crippen molar-refractivity contribution in [3.8, 4) is 5.75 Å². The topological polar surface area (TPSA) is 21.3 Å². The van der Waals surface area contributed by atoms with E-state index in [-0.39, 0.29) is 11.9 Å². The van der Waals surface area contributed by atoms with Crippen molar-refractivity contribution in [3.05, 3.63) is 63.9 Å². The molecule has 0 saturated heterocycles. The van der Waals surface area contributed by atoms with Crippen LogP contribution in [-0.2, 0) is 12.8 Å². The predicted molar refractivity (Wildman–Crippen MR) is 87.3 cm³/mol. The Labute approximate surface area is 133 Å². The lowest BCUT2D eigenvalue weighted by Crippen LogP contribution is -2.30. The molecule has 4 heteroatoms. The van der Waals surface area contributed by atoms with Gasteiger partial charge in [-0.3, -0.25) is 0 Å². The molecule has 0 fully saturated rings. The van der Waals surface area contributed by atoms with Crippen LogP contribution < -0.4 is 10.1 Å². The van der Waals surface area contributed by atoms with Gasteiger partial charge in [0.15, 0.2) is 11.6 Å². The second-order valence-corrected chi connectivity index (χ2v) is 5.87. The first-order valence-corrected chi connectivity index (χ1v) is 7.66. The van der Waals surface area contributed by atoms with Gasteiger partial charge in [-0.15, -0.1) is 0 Å². The first-order chi connectivity index (χ1) is 10.1. The molecule has 2 aromatic rings. The molecule has 0 aliphatic carbocycles. The van der Waals surface area contributed by atoms with Crippen molar-refractivity contribution in [2.75, 3.05) is 14.2 Å². The van der Waals surface area contributed by atoms with Crippen LogP contribution in [0.5, 0.6) is 5.75 Å². The van der Waals surface area contributed by atoms with Gasteiger partial charge in [-0.05, 0) is 49.2 Å². The fraction of sp³-hybridized carbons (Fsp3) is 0.294. The lowest BCUT2D eigenvalue weighted by molar-refractivity contribution is 0.382. The van der Waals surface area contributed by atoms with Gasteiger partial charge in [-0.25, -0.2) is 4.39 Å². The number of rotatable bonds is 6. The summed E-state index contributed by atoms with van der Waals surface area (Å²) in [5, 5.41) is 3.26. The fourth-order valence-corrected chi connectivity index (χ4v) is 2.58. The van der Waals surface area contributed by atoms with Gasteiger partial charge in [-0.2, -0.15) is 0 Å². The van der Waals surface area contributed by atoms with E-state index in [1.165, 1.54) is 12.7 Å². The van der Waals surface area contributed by atoms with E-state index in [4.69, 9.17) is 4.74 Å². The van der Waals surface area contributed by atoms with Crippen LogP contribution in [-0.4, -0.2) is 20.2 Å². The third kappa shape index (κ3) is 4.29. The standard InChI is InChI=1S/C17H19BrFNO/c1-20-15(10-12-6-8-14(18)9-7-12)11-13-4-3-5-16(21-2)17(13)19/h3-9,15,20H,10-11H2,1-2H3. The molecule has 0 radical (unpaired) electrons. The van der Waals surface area contributed by atoms with Crippen LogP contribution >= 0.6 is 15.9 Å². The second-order valence-electron chi connectivity index (χ2n) is 4.95. The van der Waals surface area contributed by atoms with Crippen molar-refractivity contribution < 1.29 is 9.13 Å². The Bertz CT molecular complexity index is 586. The molecular weight excluding hydrogens is 333 g/mol. The van der Waals surface area contributed by atoms with E-state index in [1.54, 1.807) is 6.07 Å². The maximum absolute atomic E-state index is 14.2. The van der Waals surface area contributed by atoms with Crippen LogP contribution in [0.3, 0.4) is 0 Å². The predicted octanol–water partition coefficient (Wildman–Crippen LogP) is 3.97. The zero-order valence-electron chi connectivity index (χ0n) is 12.2. The molecule has 0 aromatic heterocycles. The molecule has 1 unspecified atom stereocenters. The first kappa shape index (κ1) is 16.0. The Balaban J connectivity index is 2.10. The van der Waals surface area contributed by atoms with Crippen LogP contribution in [0.4, 0.5) is 4.39 Å². The van der Waals surface area contributed by atoms with E-state index in [0.29, 0.717) is 17.7 Å². The third-order valence-electron chi connectivity index (χ3n) is 3.53. The number of hydrogen-bond acceptors (Lipinski definition) is 2. The second kappa shape index (κ2) is 7.57. The lowest BCUT2D eigenvalue weighted by atomic mass is 9.98. The molecule has 0 amide bonds. The number of ether oxygens (including phenoxy) is 1. The highest BCUT2D eigenvalue weighted by molar-refractivity contribution is 9.10. The summed E-state index contributed by atoms with van der Waals surface area (Å²) >= 11 is 3.43. The summed E-state index contributed by atoms with van der Waals surface area (Å²) in [5.74, 6) is 0.0297. The monoisotopic (exact) mass is 351 g/mol. The van der Waals surface area contributed by atoms with E-state index >= 15 is 0 Å². The van der Waals surface area contributed by atoms with Crippen LogP contribution in [0.2, 0.25) is 0 Å². The molecule has 0 aliphatic heterocycles. The Morgan fingerprint density at radius 1 is 1.14 bits per heavy atom. The summed E-state index contributed by atoms with van der Waals surface area (Å²) in [5.41, 5.74) is 1.90. The largest absolute Gasteiger partial charge is 0.494 e. The quantitative estimate of drug-likeness (QED) is 0.850. The van der Waals surface area contributed by atoms with Crippen molar-refractivity contribution in [1.82, 2.24) is 5.32 Å². The SMILES string of the molecule is CNC(Cc1ccc(Br)cc1)Cc1cccc(OC)c1F. The van der Waals surface area contributed by atoms with E-state index in [9.17, 15) is 4.39 Å². The summed E-state index contributed by atoms with van der Waals surface area (Å²) in [4.78, 5) is 0. The van der Waals surface area contributed by atoms with Gasteiger partial charge in [0.05, 0.1) is 7.11 Å². The van der Waals surface area contributed by atoms with E-state index in [2.05, 4.69) is 33.4 Å². The summed E-state index contributed by atoms with van der Waals surface area (Å²) < 4.78 is 20.3. The van der Waals surface area contributed by atoms with Crippen molar-refractivity contribution in [2.45, 2.75) is 18.9 Å². The molecule has 0 bridgehead atoms. The Hall–Kier alpha value is -1.39. The van der Waals surface area contributed by atoms with Crippen LogP contribution in [0.25, 0.3) is 0 Å². The highest BCUT2D eigenvalue weighted by atomic mass is 79.9. The molecule has 2 aromatic carbocycles. The molecule has 0 heterocycles. The molecule has 0 saturated carbocycles. The Morgan fingerprint density at radius 3 is 2.48 bits per heavy atom. The fourth-order valence-electron chi connectivity index (χ4n) is 2.32. The van der Waals surface area contributed by atoms with Crippen molar-refractivity contribution >= 4 is 15.9 Å². The Kier molecular flexibility index (Phi) is 5.76. The molecule has 21 heavy (non-hydrogen) atoms. The Morgan fingerprint density at radius 2 is 1.86 bits per heavy atom. The molecule has 2 nitrogen and oxygen atoms in total. The minimum atomic E-state index is -0.268. The lowest BCUT2D eigenvalue weighted by Gasteiger charge is -2.17. The van der Waals surface area contributed by atoms with Gasteiger partial charge in [0.25, 0.3) is 0 Å². The average molecular weight is 352 g/mol. The van der Waals surface area contributed by atoms with E-state index in [0.717, 1.165) is 10.9 Å². The van der Waals surface area contributed by atoms with Gasteiger partial charge in [0, 0.05) is 10.5 Å². The van der Waals surface area contributed by atoms with Gasteiger partial charge >= 0.3 is 0 Å². The number of nitrogens with one attached hydrogen (secondary N) is 1. The zero-order valence-corrected chi connectivity index (χ0v) is 13.8.